The van der Waals surface area contributed by atoms with Crippen LogP contribution in [0.4, 0.5) is 13.2 Å². The van der Waals surface area contributed by atoms with Crippen molar-refractivity contribution in [3.05, 3.63) is 59.8 Å². The van der Waals surface area contributed by atoms with E-state index in [1.54, 1.807) is 26.4 Å². The molecule has 0 spiro atoms. The van der Waals surface area contributed by atoms with Crippen molar-refractivity contribution in [2.24, 2.45) is 5.92 Å². The lowest BCUT2D eigenvalue weighted by atomic mass is 9.87. The Morgan fingerprint density at radius 1 is 1.22 bits per heavy atom. The summed E-state index contributed by atoms with van der Waals surface area (Å²) in [6.07, 6.45) is -0.0702. The van der Waals surface area contributed by atoms with Crippen LogP contribution in [-0.4, -0.2) is 36.7 Å². The summed E-state index contributed by atoms with van der Waals surface area (Å²) < 4.78 is 52.5. The second-order valence-corrected chi connectivity index (χ2v) is 7.78. The second-order valence-electron chi connectivity index (χ2n) is 7.78. The Morgan fingerprint density at radius 3 is 2.44 bits per heavy atom. The maximum absolute atomic E-state index is 13.3. The highest BCUT2D eigenvalue weighted by molar-refractivity contribution is 5.67. The van der Waals surface area contributed by atoms with Gasteiger partial charge in [0.25, 0.3) is 0 Å². The smallest absolute Gasteiger partial charge is 0.392 e. The number of aromatic nitrogens is 1. The van der Waals surface area contributed by atoms with Crippen LogP contribution in [0.3, 0.4) is 0 Å². The first-order chi connectivity index (χ1) is 15.2. The van der Waals surface area contributed by atoms with Gasteiger partial charge in [0.1, 0.15) is 0 Å². The Labute approximate surface area is 188 Å². The molecule has 1 aliphatic rings. The zero-order valence-electron chi connectivity index (χ0n) is 19.1. The molecule has 1 atom stereocenters. The molecule has 1 aromatic heterocycles. The lowest BCUT2D eigenvalue weighted by molar-refractivity contribution is -0.177. The molecule has 4 nitrogen and oxygen atoms in total. The van der Waals surface area contributed by atoms with Crippen LogP contribution in [0.1, 0.15) is 31.5 Å². The van der Waals surface area contributed by atoms with E-state index in [0.29, 0.717) is 24.5 Å². The fourth-order valence-corrected chi connectivity index (χ4v) is 3.83. The van der Waals surface area contributed by atoms with Crippen LogP contribution in [0.5, 0.6) is 11.5 Å². The van der Waals surface area contributed by atoms with E-state index in [4.69, 9.17) is 9.47 Å². The molecule has 0 saturated carbocycles. The third-order valence-corrected chi connectivity index (χ3v) is 5.51. The lowest BCUT2D eigenvalue weighted by Gasteiger charge is -2.25. The standard InChI is InChI=1S/C22H26F3NO3.C3H6/c1-14(13-27)8-9-26-18-6-5-17(22(23,24)25)10-16(18)11-19(26)15-4-7-20(28-2)21(12-15)29-3;1-3-2/h4,7-8,11-12,17,27H,5-6,9-10,13H2,1-3H3;3H,1H2,2H3/b14-8+;. The molecule has 0 amide bonds. The lowest BCUT2D eigenvalue weighted by Crippen LogP contribution is -2.29. The number of rotatable bonds is 6. The van der Waals surface area contributed by atoms with Crippen LogP contribution in [0, 0.1) is 5.92 Å². The maximum atomic E-state index is 13.3. The molecular formula is C25H32F3NO3. The quantitative estimate of drug-likeness (QED) is 0.550. The van der Waals surface area contributed by atoms with Gasteiger partial charge in [-0.3, -0.25) is 0 Å². The van der Waals surface area contributed by atoms with E-state index in [1.807, 2.05) is 42.7 Å². The highest BCUT2D eigenvalue weighted by atomic mass is 19.4. The molecule has 32 heavy (non-hydrogen) atoms. The van der Waals surface area contributed by atoms with E-state index in [2.05, 4.69) is 6.58 Å². The number of halogens is 3. The van der Waals surface area contributed by atoms with Crippen molar-refractivity contribution in [2.45, 2.75) is 45.8 Å². The van der Waals surface area contributed by atoms with Crippen molar-refractivity contribution in [3.8, 4) is 22.8 Å². The van der Waals surface area contributed by atoms with E-state index in [9.17, 15) is 18.3 Å². The van der Waals surface area contributed by atoms with Crippen LogP contribution in [0.15, 0.2) is 48.6 Å². The first kappa shape index (κ1) is 25.6. The molecule has 0 saturated heterocycles. The number of aliphatic hydroxyl groups is 1. The Morgan fingerprint density at radius 2 is 1.88 bits per heavy atom. The fraction of sp³-hybridized carbons (Fsp3) is 0.440. The molecule has 0 bridgehead atoms. The van der Waals surface area contributed by atoms with E-state index in [0.717, 1.165) is 28.1 Å². The Balaban J connectivity index is 0.00000114. The molecular weight excluding hydrogens is 419 g/mol. The minimum absolute atomic E-state index is 0.00514. The summed E-state index contributed by atoms with van der Waals surface area (Å²) in [5, 5.41) is 9.31. The van der Waals surface area contributed by atoms with Gasteiger partial charge in [0.05, 0.1) is 26.7 Å². The van der Waals surface area contributed by atoms with Gasteiger partial charge in [-0.2, -0.15) is 13.2 Å². The Hall–Kier alpha value is -2.67. The summed E-state index contributed by atoms with van der Waals surface area (Å²) in [4.78, 5) is 0. The summed E-state index contributed by atoms with van der Waals surface area (Å²) in [6, 6.07) is 7.36. The molecule has 1 N–H and O–H groups in total. The molecule has 7 heteroatoms. The average Bonchev–Trinajstić information content (AvgIpc) is 3.14. The minimum Gasteiger partial charge on any atom is -0.493 e. The van der Waals surface area contributed by atoms with E-state index < -0.39 is 12.1 Å². The monoisotopic (exact) mass is 451 g/mol. The number of nitrogens with zero attached hydrogens (tertiary/aromatic N) is 1. The van der Waals surface area contributed by atoms with E-state index in [1.165, 1.54) is 0 Å². The number of fused-ring (bicyclic) bond motifs is 1. The summed E-state index contributed by atoms with van der Waals surface area (Å²) >= 11 is 0. The predicted octanol–water partition coefficient (Wildman–Crippen LogP) is 5.97. The van der Waals surface area contributed by atoms with Gasteiger partial charge in [0, 0.05) is 23.5 Å². The molecule has 0 radical (unpaired) electrons. The van der Waals surface area contributed by atoms with Crippen molar-refractivity contribution in [1.82, 2.24) is 4.57 Å². The number of hydrogen-bond donors (Lipinski definition) is 1. The highest BCUT2D eigenvalue weighted by Crippen LogP contribution is 2.41. The number of benzene rings is 1. The van der Waals surface area contributed by atoms with Gasteiger partial charge < -0.3 is 19.1 Å². The molecule has 0 aliphatic heterocycles. The molecule has 176 valence electrons. The minimum atomic E-state index is -4.18. The molecule has 3 rings (SSSR count). The van der Waals surface area contributed by atoms with E-state index in [-0.39, 0.29) is 19.4 Å². The van der Waals surface area contributed by atoms with Gasteiger partial charge in [-0.15, -0.1) is 6.58 Å². The molecule has 1 heterocycles. The SMILES string of the molecule is C=CC.COc1ccc(-c2cc3c(n2C/C=C(\C)CO)CCC(C(F)(F)F)C3)cc1OC. The van der Waals surface area contributed by atoms with Crippen LogP contribution in [-0.2, 0) is 19.4 Å². The fourth-order valence-electron chi connectivity index (χ4n) is 3.83. The number of hydrogen-bond acceptors (Lipinski definition) is 3. The van der Waals surface area contributed by atoms with Gasteiger partial charge in [0.2, 0.25) is 0 Å². The molecule has 1 aromatic carbocycles. The second kappa shape index (κ2) is 11.3. The average molecular weight is 452 g/mol. The van der Waals surface area contributed by atoms with Gasteiger partial charge in [-0.1, -0.05) is 17.7 Å². The zero-order valence-corrected chi connectivity index (χ0v) is 19.1. The van der Waals surface area contributed by atoms with Gasteiger partial charge >= 0.3 is 6.18 Å². The van der Waals surface area contributed by atoms with Crippen molar-refractivity contribution >= 4 is 0 Å². The largest absolute Gasteiger partial charge is 0.493 e. The molecule has 0 fully saturated rings. The van der Waals surface area contributed by atoms with Crippen molar-refractivity contribution in [3.63, 3.8) is 0 Å². The molecule has 1 aliphatic carbocycles. The van der Waals surface area contributed by atoms with Crippen LogP contribution in [0.25, 0.3) is 11.3 Å². The van der Waals surface area contributed by atoms with Crippen molar-refractivity contribution in [2.75, 3.05) is 20.8 Å². The number of ether oxygens (including phenoxy) is 2. The van der Waals surface area contributed by atoms with Crippen molar-refractivity contribution in [1.29, 1.82) is 0 Å². The number of allylic oxidation sites excluding steroid dienone is 2. The normalized spacial score (nSPS) is 16.0. The predicted molar refractivity (Wildman–Crippen MR) is 121 cm³/mol. The van der Waals surface area contributed by atoms with Crippen LogP contribution >= 0.6 is 0 Å². The summed E-state index contributed by atoms with van der Waals surface area (Å²) in [6.45, 7) is 7.51. The number of alkyl halides is 3. The number of aliphatic hydroxyl groups excluding tert-OH is 1. The third kappa shape index (κ3) is 5.97. The molecule has 2 aromatic rings. The van der Waals surface area contributed by atoms with Gasteiger partial charge in [0.15, 0.2) is 11.5 Å². The molecule has 1 unspecified atom stereocenters. The Kier molecular flexibility index (Phi) is 9.01. The van der Waals surface area contributed by atoms with Crippen LogP contribution in [0.2, 0.25) is 0 Å². The van der Waals surface area contributed by atoms with Gasteiger partial charge in [-0.25, -0.2) is 0 Å². The summed E-state index contributed by atoms with van der Waals surface area (Å²) in [5.74, 6) is -0.155. The van der Waals surface area contributed by atoms with E-state index >= 15 is 0 Å². The van der Waals surface area contributed by atoms with Gasteiger partial charge in [-0.05, 0) is 62.9 Å². The van der Waals surface area contributed by atoms with Crippen molar-refractivity contribution < 1.29 is 27.8 Å². The zero-order chi connectivity index (χ0) is 23.9. The first-order valence-corrected chi connectivity index (χ1v) is 10.5. The highest BCUT2D eigenvalue weighted by Gasteiger charge is 2.42. The summed E-state index contributed by atoms with van der Waals surface area (Å²) in [5.41, 5.74) is 4.15. The third-order valence-electron chi connectivity index (χ3n) is 5.51. The summed E-state index contributed by atoms with van der Waals surface area (Å²) in [7, 11) is 3.10. The topological polar surface area (TPSA) is 43.6 Å². The first-order valence-electron chi connectivity index (χ1n) is 10.5. The Bertz CT molecular complexity index is 945. The maximum Gasteiger partial charge on any atom is 0.392 e. The number of methoxy groups -OCH3 is 2. The van der Waals surface area contributed by atoms with Crippen LogP contribution < -0.4 is 9.47 Å².